The predicted molar refractivity (Wildman–Crippen MR) is 114 cm³/mol. The van der Waals surface area contributed by atoms with Crippen LogP contribution in [0.15, 0.2) is 64.4 Å². The number of nitrogen functional groups attached to an aromatic ring is 1. The highest BCUT2D eigenvalue weighted by Crippen LogP contribution is 2.43. The topological polar surface area (TPSA) is 175 Å². The summed E-state index contributed by atoms with van der Waals surface area (Å²) in [5.74, 6) is -0.871. The lowest BCUT2D eigenvalue weighted by Gasteiger charge is -2.14. The molecule has 31 heavy (non-hydrogen) atoms. The number of hydrogen-bond donors (Lipinski definition) is 5. The standard InChI is InChI=1S/C20H15NO8S2/c21-13-2-4-16-12(6-13)8-18(31(27,28)29)19(20(16)23)10-1-3-15-11(5-10)7-14(9-17(15)22)30(24,25)26/h1-9,22-23H,21H2,(H,24,25,26)(H,27,28,29). The Morgan fingerprint density at radius 1 is 0.710 bits per heavy atom. The monoisotopic (exact) mass is 461 g/mol. The molecule has 0 bridgehead atoms. The quantitative estimate of drug-likeness (QED) is 0.227. The number of hydrogen-bond acceptors (Lipinski definition) is 7. The summed E-state index contributed by atoms with van der Waals surface area (Å²) in [5.41, 5.74) is 5.93. The molecule has 0 radical (unpaired) electrons. The first-order valence-corrected chi connectivity index (χ1v) is 11.5. The molecular weight excluding hydrogens is 446 g/mol. The smallest absolute Gasteiger partial charge is 0.295 e. The van der Waals surface area contributed by atoms with Crippen LogP contribution >= 0.6 is 0 Å². The van der Waals surface area contributed by atoms with E-state index in [9.17, 15) is 36.2 Å². The summed E-state index contributed by atoms with van der Waals surface area (Å²) in [6, 6.07) is 11.6. The Bertz CT molecular complexity index is 1610. The maximum atomic E-state index is 12.1. The molecule has 160 valence electrons. The summed E-state index contributed by atoms with van der Waals surface area (Å²) in [5, 5.41) is 21.9. The van der Waals surface area contributed by atoms with E-state index in [1.54, 1.807) is 0 Å². The van der Waals surface area contributed by atoms with Crippen LogP contribution in [0, 0.1) is 0 Å². The van der Waals surface area contributed by atoms with Crippen molar-refractivity contribution in [1.29, 1.82) is 0 Å². The molecule has 4 aromatic carbocycles. The van der Waals surface area contributed by atoms with E-state index in [2.05, 4.69) is 0 Å². The van der Waals surface area contributed by atoms with E-state index < -0.39 is 41.5 Å². The van der Waals surface area contributed by atoms with Crippen molar-refractivity contribution in [2.24, 2.45) is 0 Å². The summed E-state index contributed by atoms with van der Waals surface area (Å²) in [7, 11) is -9.41. The first-order valence-electron chi connectivity index (χ1n) is 8.63. The average molecular weight is 461 g/mol. The van der Waals surface area contributed by atoms with Crippen LogP contribution in [0.1, 0.15) is 0 Å². The minimum absolute atomic E-state index is 0.114. The van der Waals surface area contributed by atoms with E-state index in [4.69, 9.17) is 5.73 Å². The second kappa shape index (κ2) is 6.82. The van der Waals surface area contributed by atoms with Gasteiger partial charge in [-0.05, 0) is 52.7 Å². The molecule has 0 atom stereocenters. The first-order chi connectivity index (χ1) is 14.4. The van der Waals surface area contributed by atoms with Gasteiger partial charge in [0.2, 0.25) is 0 Å². The molecule has 0 aliphatic carbocycles. The number of benzene rings is 4. The van der Waals surface area contributed by atoms with Crippen LogP contribution < -0.4 is 5.73 Å². The lowest BCUT2D eigenvalue weighted by molar-refractivity contribution is 0.471. The van der Waals surface area contributed by atoms with E-state index in [1.807, 2.05) is 0 Å². The van der Waals surface area contributed by atoms with Gasteiger partial charge in [-0.3, -0.25) is 9.11 Å². The number of rotatable bonds is 3. The Morgan fingerprint density at radius 2 is 1.35 bits per heavy atom. The molecule has 6 N–H and O–H groups in total. The summed E-state index contributed by atoms with van der Waals surface area (Å²) < 4.78 is 66.2. The largest absolute Gasteiger partial charge is 0.507 e. The lowest BCUT2D eigenvalue weighted by Crippen LogP contribution is -2.02. The Hall–Kier alpha value is -3.38. The molecule has 0 aliphatic heterocycles. The summed E-state index contributed by atoms with van der Waals surface area (Å²) >= 11 is 0. The summed E-state index contributed by atoms with van der Waals surface area (Å²) in [4.78, 5) is -1.15. The third-order valence-electron chi connectivity index (χ3n) is 4.87. The Balaban J connectivity index is 2.10. The normalized spacial score (nSPS) is 12.5. The third kappa shape index (κ3) is 3.64. The molecular formula is C20H15NO8S2. The van der Waals surface area contributed by atoms with Crippen molar-refractivity contribution in [3.8, 4) is 22.6 Å². The minimum atomic E-state index is -4.79. The molecule has 0 aliphatic rings. The van der Waals surface area contributed by atoms with Gasteiger partial charge in [0.25, 0.3) is 20.2 Å². The van der Waals surface area contributed by atoms with Gasteiger partial charge in [-0.25, -0.2) is 0 Å². The molecule has 0 saturated carbocycles. The van der Waals surface area contributed by atoms with Crippen molar-refractivity contribution >= 4 is 47.5 Å². The number of aromatic hydroxyl groups is 2. The molecule has 4 rings (SSSR count). The number of phenols is 2. The Morgan fingerprint density at radius 3 is 2.00 bits per heavy atom. The van der Waals surface area contributed by atoms with E-state index in [0.717, 1.165) is 18.2 Å². The van der Waals surface area contributed by atoms with Crippen LogP contribution in [0.2, 0.25) is 0 Å². The minimum Gasteiger partial charge on any atom is -0.507 e. The van der Waals surface area contributed by atoms with Gasteiger partial charge >= 0.3 is 0 Å². The maximum absolute atomic E-state index is 12.1. The zero-order chi connectivity index (χ0) is 22.7. The predicted octanol–water partition coefficient (Wildman–Crippen LogP) is 3.15. The molecule has 0 saturated heterocycles. The van der Waals surface area contributed by atoms with Gasteiger partial charge < -0.3 is 15.9 Å². The fraction of sp³-hybridized carbons (Fsp3) is 0. The van der Waals surface area contributed by atoms with Gasteiger partial charge in [-0.15, -0.1) is 0 Å². The van der Waals surface area contributed by atoms with Gasteiger partial charge in [0.05, 0.1) is 4.90 Å². The molecule has 0 fully saturated rings. The van der Waals surface area contributed by atoms with Crippen LogP contribution in [-0.2, 0) is 20.2 Å². The lowest BCUT2D eigenvalue weighted by atomic mass is 9.97. The van der Waals surface area contributed by atoms with Crippen molar-refractivity contribution < 1.29 is 36.2 Å². The average Bonchev–Trinajstić information content (AvgIpc) is 2.65. The zero-order valence-electron chi connectivity index (χ0n) is 15.5. The fourth-order valence-electron chi connectivity index (χ4n) is 3.49. The van der Waals surface area contributed by atoms with Crippen LogP contribution in [0.5, 0.6) is 11.5 Å². The molecule has 0 unspecified atom stereocenters. The summed E-state index contributed by atoms with van der Waals surface area (Å²) in [6.45, 7) is 0. The van der Waals surface area contributed by atoms with Gasteiger partial charge in [-0.2, -0.15) is 16.8 Å². The maximum Gasteiger partial charge on any atom is 0.295 e. The number of nitrogens with two attached hydrogens (primary N) is 1. The molecule has 0 aromatic heterocycles. The van der Waals surface area contributed by atoms with Crippen molar-refractivity contribution in [2.45, 2.75) is 9.79 Å². The molecule has 11 heteroatoms. The molecule has 9 nitrogen and oxygen atoms in total. The fourth-order valence-corrected chi connectivity index (χ4v) is 4.78. The van der Waals surface area contributed by atoms with Gasteiger partial charge in [0.15, 0.2) is 0 Å². The number of anilines is 1. The van der Waals surface area contributed by atoms with Crippen LogP contribution in [0.25, 0.3) is 32.7 Å². The van der Waals surface area contributed by atoms with Crippen LogP contribution in [0.4, 0.5) is 5.69 Å². The molecule has 0 spiro atoms. The SMILES string of the molecule is Nc1ccc2c(O)c(-c3ccc4c(O)cc(S(=O)(=O)O)cc4c3)c(S(=O)(=O)O)cc2c1. The van der Waals surface area contributed by atoms with E-state index in [1.165, 1.54) is 36.4 Å². The highest BCUT2D eigenvalue weighted by molar-refractivity contribution is 7.86. The van der Waals surface area contributed by atoms with Crippen molar-refractivity contribution in [3.05, 3.63) is 54.6 Å². The summed E-state index contributed by atoms with van der Waals surface area (Å²) in [6.07, 6.45) is 0. The number of phenolic OH excluding ortho intramolecular Hbond substituents is 2. The van der Waals surface area contributed by atoms with E-state index >= 15 is 0 Å². The van der Waals surface area contributed by atoms with E-state index in [-0.39, 0.29) is 32.7 Å². The highest BCUT2D eigenvalue weighted by Gasteiger charge is 2.23. The van der Waals surface area contributed by atoms with Crippen molar-refractivity contribution in [2.75, 3.05) is 5.73 Å². The van der Waals surface area contributed by atoms with Gasteiger partial charge in [-0.1, -0.05) is 12.1 Å². The van der Waals surface area contributed by atoms with Crippen molar-refractivity contribution in [3.63, 3.8) is 0 Å². The van der Waals surface area contributed by atoms with E-state index in [0.29, 0.717) is 5.69 Å². The third-order valence-corrected chi connectivity index (χ3v) is 6.58. The molecule has 0 heterocycles. The Kier molecular flexibility index (Phi) is 4.59. The number of fused-ring (bicyclic) bond motifs is 2. The zero-order valence-corrected chi connectivity index (χ0v) is 17.1. The molecule has 4 aromatic rings. The van der Waals surface area contributed by atoms with Gasteiger partial charge in [0, 0.05) is 28.1 Å². The second-order valence-corrected chi connectivity index (χ2v) is 9.72. The highest BCUT2D eigenvalue weighted by atomic mass is 32.2. The molecule has 0 amide bonds. The first kappa shape index (κ1) is 20.9. The van der Waals surface area contributed by atoms with Gasteiger partial charge in [0.1, 0.15) is 16.4 Å². The second-order valence-electron chi connectivity index (χ2n) is 6.91. The Labute approximate surface area is 176 Å². The van der Waals surface area contributed by atoms with Crippen LogP contribution in [-0.4, -0.2) is 36.2 Å². The van der Waals surface area contributed by atoms with Crippen molar-refractivity contribution in [1.82, 2.24) is 0 Å². The van der Waals surface area contributed by atoms with Crippen LogP contribution in [0.3, 0.4) is 0 Å².